The van der Waals surface area contributed by atoms with Crippen LogP contribution in [0.25, 0.3) is 0 Å². The SMILES string of the molecule is CCCCCCCCCCC/C=C\C/C=C\CCCCCCCCCC(=O)NC(COP(=O)(O)OCC[N+](C)(C)C)C(O)/C=C/CCCCCCCCCCCCCCCCCCCCCCC. The smallest absolute Gasteiger partial charge is 0.387 e. The number of hydrogen-bond acceptors (Lipinski definition) is 5. The van der Waals surface area contributed by atoms with Crippen molar-refractivity contribution in [1.29, 1.82) is 0 Å². The van der Waals surface area contributed by atoms with Crippen LogP contribution < -0.4 is 5.32 Å². The first kappa shape index (κ1) is 66.7. The molecular formula is C59H116N2O6P+. The topological polar surface area (TPSA) is 105 Å². The molecule has 0 aromatic heterocycles. The Balaban J connectivity index is 4.23. The van der Waals surface area contributed by atoms with Gasteiger partial charge in [0.1, 0.15) is 13.2 Å². The zero-order chi connectivity index (χ0) is 49.9. The number of carbonyl (C=O) groups excluding carboxylic acids is 1. The molecular weight excluding hydrogens is 864 g/mol. The van der Waals surface area contributed by atoms with Crippen LogP contribution in [0.5, 0.6) is 0 Å². The highest BCUT2D eigenvalue weighted by Crippen LogP contribution is 2.43. The fourth-order valence-electron chi connectivity index (χ4n) is 8.72. The molecule has 0 aliphatic heterocycles. The largest absolute Gasteiger partial charge is 0.472 e. The number of rotatable bonds is 54. The highest BCUT2D eigenvalue weighted by Gasteiger charge is 2.27. The number of unbranched alkanes of at least 4 members (excludes halogenated alkanes) is 37. The van der Waals surface area contributed by atoms with Crippen LogP contribution in [-0.4, -0.2) is 73.4 Å². The minimum absolute atomic E-state index is 0.0602. The molecule has 0 aliphatic rings. The van der Waals surface area contributed by atoms with Gasteiger partial charge in [-0.15, -0.1) is 0 Å². The first-order valence-electron chi connectivity index (χ1n) is 29.4. The summed E-state index contributed by atoms with van der Waals surface area (Å²) in [4.78, 5) is 23.3. The molecule has 0 aromatic rings. The molecule has 68 heavy (non-hydrogen) atoms. The highest BCUT2D eigenvalue weighted by atomic mass is 31.2. The Morgan fingerprint density at radius 3 is 1.21 bits per heavy atom. The molecule has 1 amide bonds. The normalized spacial score (nSPS) is 14.2. The lowest BCUT2D eigenvalue weighted by molar-refractivity contribution is -0.870. The number of aliphatic hydroxyl groups excluding tert-OH is 1. The molecule has 0 fully saturated rings. The summed E-state index contributed by atoms with van der Waals surface area (Å²) < 4.78 is 23.7. The minimum atomic E-state index is -4.35. The van der Waals surface area contributed by atoms with Crippen LogP contribution in [-0.2, 0) is 18.4 Å². The van der Waals surface area contributed by atoms with Gasteiger partial charge in [0.2, 0.25) is 5.91 Å². The van der Waals surface area contributed by atoms with Crippen LogP contribution in [0.15, 0.2) is 36.5 Å². The third kappa shape index (κ3) is 52.5. The van der Waals surface area contributed by atoms with Gasteiger partial charge >= 0.3 is 7.82 Å². The number of likely N-dealkylation sites (N-methyl/N-ethyl adjacent to an activating group) is 1. The van der Waals surface area contributed by atoms with Crippen LogP contribution in [0.2, 0.25) is 0 Å². The number of phosphoric acid groups is 1. The van der Waals surface area contributed by atoms with Gasteiger partial charge < -0.3 is 19.8 Å². The van der Waals surface area contributed by atoms with E-state index in [1.165, 1.54) is 212 Å². The Bertz CT molecular complexity index is 1200. The molecule has 0 saturated heterocycles. The summed E-state index contributed by atoms with van der Waals surface area (Å²) in [5.41, 5.74) is 0. The van der Waals surface area contributed by atoms with E-state index in [9.17, 15) is 19.4 Å². The van der Waals surface area contributed by atoms with Crippen LogP contribution >= 0.6 is 7.82 Å². The van der Waals surface area contributed by atoms with Crippen LogP contribution in [0.4, 0.5) is 0 Å². The van der Waals surface area contributed by atoms with Gasteiger partial charge in [0.15, 0.2) is 0 Å². The van der Waals surface area contributed by atoms with Gasteiger partial charge in [-0.1, -0.05) is 262 Å². The zero-order valence-corrected chi connectivity index (χ0v) is 46.8. The third-order valence-corrected chi connectivity index (χ3v) is 14.3. The lowest BCUT2D eigenvalue weighted by atomic mass is 10.0. The van der Waals surface area contributed by atoms with Crippen LogP contribution in [0.3, 0.4) is 0 Å². The molecule has 0 heterocycles. The van der Waals surface area contributed by atoms with E-state index in [4.69, 9.17) is 9.05 Å². The molecule has 9 heteroatoms. The number of nitrogens with zero attached hydrogens (tertiary/aromatic N) is 1. The van der Waals surface area contributed by atoms with Crippen LogP contribution in [0, 0.1) is 0 Å². The van der Waals surface area contributed by atoms with Gasteiger partial charge in [-0.3, -0.25) is 13.8 Å². The average Bonchev–Trinajstić information content (AvgIpc) is 3.30. The number of hydrogen-bond donors (Lipinski definition) is 3. The second-order valence-corrected chi connectivity index (χ2v) is 22.8. The van der Waals surface area contributed by atoms with Crippen molar-refractivity contribution in [1.82, 2.24) is 5.32 Å². The molecule has 3 N–H and O–H groups in total. The summed E-state index contributed by atoms with van der Waals surface area (Å²) >= 11 is 0. The van der Waals surface area contributed by atoms with Gasteiger partial charge in [0.05, 0.1) is 39.9 Å². The molecule has 0 spiro atoms. The molecule has 402 valence electrons. The van der Waals surface area contributed by atoms with E-state index >= 15 is 0 Å². The first-order chi connectivity index (χ1) is 33.0. The van der Waals surface area contributed by atoms with E-state index in [0.717, 1.165) is 51.4 Å². The minimum Gasteiger partial charge on any atom is -0.387 e. The molecule has 0 rings (SSSR count). The van der Waals surface area contributed by atoms with E-state index in [0.29, 0.717) is 17.4 Å². The zero-order valence-electron chi connectivity index (χ0n) is 45.9. The summed E-state index contributed by atoms with van der Waals surface area (Å²) in [7, 11) is 1.57. The first-order valence-corrected chi connectivity index (χ1v) is 30.9. The predicted molar refractivity (Wildman–Crippen MR) is 295 cm³/mol. The highest BCUT2D eigenvalue weighted by molar-refractivity contribution is 7.47. The summed E-state index contributed by atoms with van der Waals surface area (Å²) in [5, 5.41) is 13.9. The number of quaternary nitrogens is 1. The molecule has 8 nitrogen and oxygen atoms in total. The number of amides is 1. The third-order valence-electron chi connectivity index (χ3n) is 13.4. The molecule has 0 aromatic carbocycles. The van der Waals surface area contributed by atoms with Crippen molar-refractivity contribution in [2.75, 3.05) is 40.9 Å². The van der Waals surface area contributed by atoms with Crippen LogP contribution in [0.1, 0.15) is 284 Å². The Morgan fingerprint density at radius 1 is 0.500 bits per heavy atom. The van der Waals surface area contributed by atoms with Crippen molar-refractivity contribution < 1.29 is 32.9 Å². The number of aliphatic hydroxyl groups is 1. The van der Waals surface area contributed by atoms with Gasteiger partial charge in [-0.25, -0.2) is 4.57 Å². The van der Waals surface area contributed by atoms with E-state index in [1.807, 2.05) is 27.2 Å². The van der Waals surface area contributed by atoms with Gasteiger partial charge in [-0.05, 0) is 51.4 Å². The number of carbonyl (C=O) groups is 1. The molecule has 0 radical (unpaired) electrons. The molecule has 3 unspecified atom stereocenters. The maximum Gasteiger partial charge on any atom is 0.472 e. The summed E-state index contributed by atoms with van der Waals surface area (Å²) in [5.74, 6) is -0.181. The Kier molecular flexibility index (Phi) is 49.7. The average molecular weight is 981 g/mol. The van der Waals surface area contributed by atoms with Crippen molar-refractivity contribution in [3.05, 3.63) is 36.5 Å². The standard InChI is InChI=1S/C59H115N2O6P/c1-6-8-10-12-14-16-18-20-22-24-26-28-30-32-34-36-38-40-42-44-46-48-50-52-58(62)57(56-67-68(64,65)66-55-54-61(3,4)5)60-59(63)53-51-49-47-45-43-41-39-37-35-33-31-29-27-25-23-21-19-17-15-13-11-9-7-2/h27,29,33,35,50,52,57-58,62H,6-26,28,30-32,34,36-49,51,53-56H2,1-5H3,(H-,60,63,64,65)/p+1/b29-27-,35-33-,52-50+. The molecule has 0 saturated carbocycles. The van der Waals surface area contributed by atoms with Gasteiger partial charge in [-0.2, -0.15) is 0 Å². The lowest BCUT2D eigenvalue weighted by Gasteiger charge is -2.25. The van der Waals surface area contributed by atoms with Gasteiger partial charge in [0.25, 0.3) is 0 Å². The quantitative estimate of drug-likeness (QED) is 0.0243. The van der Waals surface area contributed by atoms with Crippen molar-refractivity contribution in [2.24, 2.45) is 0 Å². The summed E-state index contributed by atoms with van der Waals surface area (Å²) in [6.07, 6.45) is 65.3. The maximum absolute atomic E-state index is 13.0. The second kappa shape index (κ2) is 50.7. The fraction of sp³-hybridized carbons (Fsp3) is 0.881. The predicted octanol–water partition coefficient (Wildman–Crippen LogP) is 17.8. The summed E-state index contributed by atoms with van der Waals surface area (Å²) in [6, 6.07) is -0.851. The Morgan fingerprint density at radius 2 is 0.838 bits per heavy atom. The van der Waals surface area contributed by atoms with Crippen molar-refractivity contribution in [2.45, 2.75) is 296 Å². The summed E-state index contributed by atoms with van der Waals surface area (Å²) in [6.45, 7) is 4.85. The van der Waals surface area contributed by atoms with Crippen molar-refractivity contribution >= 4 is 13.7 Å². The number of allylic oxidation sites excluding steroid dienone is 5. The molecule has 0 aliphatic carbocycles. The molecule has 0 bridgehead atoms. The van der Waals surface area contributed by atoms with Gasteiger partial charge in [0, 0.05) is 6.42 Å². The Hall–Kier alpha value is -1.28. The van der Waals surface area contributed by atoms with E-state index in [1.54, 1.807) is 6.08 Å². The fourth-order valence-corrected chi connectivity index (χ4v) is 9.46. The second-order valence-electron chi connectivity index (χ2n) is 21.4. The number of phosphoric ester groups is 1. The van der Waals surface area contributed by atoms with Crippen molar-refractivity contribution in [3.8, 4) is 0 Å². The van der Waals surface area contributed by atoms with Crippen molar-refractivity contribution in [3.63, 3.8) is 0 Å². The lowest BCUT2D eigenvalue weighted by Crippen LogP contribution is -2.45. The monoisotopic (exact) mass is 980 g/mol. The van der Waals surface area contributed by atoms with E-state index in [2.05, 4.69) is 43.5 Å². The molecule has 3 atom stereocenters. The maximum atomic E-state index is 13.0. The number of nitrogens with one attached hydrogen (secondary N) is 1. The Labute approximate surface area is 423 Å². The van der Waals surface area contributed by atoms with E-state index < -0.39 is 20.0 Å². The van der Waals surface area contributed by atoms with E-state index in [-0.39, 0.29) is 19.1 Å².